The molecule has 3 N–H and O–H groups in total. The smallest absolute Gasteiger partial charge is 0.337 e. The number of anilines is 2. The first-order chi connectivity index (χ1) is 9.20. The average Bonchev–Trinajstić information content (AvgIpc) is 2.46. The van der Waals surface area contributed by atoms with Crippen molar-refractivity contribution in [2.45, 2.75) is 12.8 Å². The van der Waals surface area contributed by atoms with Crippen molar-refractivity contribution in [3.63, 3.8) is 0 Å². The molecule has 1 aliphatic heterocycles. The number of hydrogen-bond acceptors (Lipinski definition) is 5. The summed E-state index contributed by atoms with van der Waals surface area (Å²) in [6.07, 6.45) is 2.49. The van der Waals surface area contributed by atoms with Gasteiger partial charge in [0.15, 0.2) is 0 Å². The molecule has 0 unspecified atom stereocenters. The summed E-state index contributed by atoms with van der Waals surface area (Å²) < 4.78 is 4.72. The summed E-state index contributed by atoms with van der Waals surface area (Å²) >= 11 is 2.02. The van der Waals surface area contributed by atoms with Crippen molar-refractivity contribution >= 4 is 29.1 Å². The topological polar surface area (TPSA) is 64.3 Å². The lowest BCUT2D eigenvalue weighted by molar-refractivity contribution is 0.0601. The van der Waals surface area contributed by atoms with Gasteiger partial charge >= 0.3 is 5.97 Å². The Morgan fingerprint density at radius 2 is 2.21 bits per heavy atom. The minimum absolute atomic E-state index is 0.336. The lowest BCUT2D eigenvalue weighted by Gasteiger charge is -2.22. The summed E-state index contributed by atoms with van der Waals surface area (Å²) in [7, 11) is 1.38. The maximum Gasteiger partial charge on any atom is 0.337 e. The van der Waals surface area contributed by atoms with E-state index in [4.69, 9.17) is 10.5 Å². The van der Waals surface area contributed by atoms with Gasteiger partial charge in [0, 0.05) is 6.54 Å². The number of hydrogen-bond donors (Lipinski definition) is 2. The molecule has 0 saturated carbocycles. The predicted octanol–water partition coefficient (Wildman–Crippen LogP) is 2.61. The summed E-state index contributed by atoms with van der Waals surface area (Å²) in [5.74, 6) is 2.84. The molecule has 1 heterocycles. The van der Waals surface area contributed by atoms with E-state index in [1.54, 1.807) is 18.2 Å². The molecule has 0 aliphatic carbocycles. The predicted molar refractivity (Wildman–Crippen MR) is 80.7 cm³/mol. The Morgan fingerprint density at radius 3 is 2.89 bits per heavy atom. The van der Waals surface area contributed by atoms with Crippen LogP contribution in [0.3, 0.4) is 0 Å². The summed E-state index contributed by atoms with van der Waals surface area (Å²) in [5, 5.41) is 3.36. The van der Waals surface area contributed by atoms with Crippen LogP contribution in [0.1, 0.15) is 23.2 Å². The van der Waals surface area contributed by atoms with Crippen molar-refractivity contribution < 1.29 is 9.53 Å². The van der Waals surface area contributed by atoms with Crippen molar-refractivity contribution in [1.82, 2.24) is 0 Å². The molecule has 5 heteroatoms. The van der Waals surface area contributed by atoms with Crippen molar-refractivity contribution in [3.05, 3.63) is 23.8 Å². The number of rotatable bonds is 4. The number of benzene rings is 1. The fourth-order valence-electron chi connectivity index (χ4n) is 2.16. The van der Waals surface area contributed by atoms with E-state index in [2.05, 4.69) is 5.32 Å². The Hall–Kier alpha value is -1.36. The zero-order chi connectivity index (χ0) is 13.7. The monoisotopic (exact) mass is 280 g/mol. The van der Waals surface area contributed by atoms with E-state index < -0.39 is 0 Å². The first-order valence-electron chi connectivity index (χ1n) is 6.50. The van der Waals surface area contributed by atoms with Crippen LogP contribution in [-0.4, -0.2) is 31.1 Å². The Kier molecular flexibility index (Phi) is 4.96. The van der Waals surface area contributed by atoms with E-state index in [-0.39, 0.29) is 5.97 Å². The van der Waals surface area contributed by atoms with Crippen LogP contribution in [-0.2, 0) is 4.74 Å². The molecule has 0 radical (unpaired) electrons. The van der Waals surface area contributed by atoms with Gasteiger partial charge in [0.2, 0.25) is 0 Å². The van der Waals surface area contributed by atoms with Crippen LogP contribution in [0.5, 0.6) is 0 Å². The molecule has 1 fully saturated rings. The summed E-state index contributed by atoms with van der Waals surface area (Å²) in [4.78, 5) is 11.5. The second kappa shape index (κ2) is 6.70. The van der Waals surface area contributed by atoms with E-state index in [9.17, 15) is 4.79 Å². The molecule has 1 aromatic carbocycles. The van der Waals surface area contributed by atoms with Gasteiger partial charge in [0.1, 0.15) is 0 Å². The number of nitrogen functional groups attached to an aromatic ring is 1. The Bertz CT molecular complexity index is 445. The number of carbonyl (C=O) groups is 1. The number of thioether (sulfide) groups is 1. The first-order valence-corrected chi connectivity index (χ1v) is 7.65. The number of esters is 1. The van der Waals surface area contributed by atoms with Crippen molar-refractivity contribution in [2.24, 2.45) is 5.92 Å². The first kappa shape index (κ1) is 14.1. The van der Waals surface area contributed by atoms with Crippen LogP contribution < -0.4 is 11.1 Å². The van der Waals surface area contributed by atoms with Gasteiger partial charge in [0.25, 0.3) is 0 Å². The highest BCUT2D eigenvalue weighted by Crippen LogP contribution is 2.25. The largest absolute Gasteiger partial charge is 0.465 e. The van der Waals surface area contributed by atoms with Gasteiger partial charge in [-0.1, -0.05) is 0 Å². The van der Waals surface area contributed by atoms with Crippen molar-refractivity contribution in [2.75, 3.05) is 36.2 Å². The van der Waals surface area contributed by atoms with Gasteiger partial charge in [-0.25, -0.2) is 4.79 Å². The molecular formula is C14H20N2O2S. The van der Waals surface area contributed by atoms with Crippen LogP contribution in [0.2, 0.25) is 0 Å². The van der Waals surface area contributed by atoms with E-state index in [1.165, 1.54) is 31.5 Å². The van der Waals surface area contributed by atoms with E-state index >= 15 is 0 Å². The number of ether oxygens (including phenoxy) is 1. The summed E-state index contributed by atoms with van der Waals surface area (Å²) in [5.41, 5.74) is 7.94. The summed E-state index contributed by atoms with van der Waals surface area (Å²) in [6, 6.07) is 5.19. The minimum atomic E-state index is -0.336. The number of carbonyl (C=O) groups excluding carboxylic acids is 1. The van der Waals surface area contributed by atoms with Crippen LogP contribution in [0.4, 0.5) is 11.4 Å². The molecule has 0 aromatic heterocycles. The van der Waals surface area contributed by atoms with Gasteiger partial charge in [-0.05, 0) is 48.5 Å². The molecule has 4 nitrogen and oxygen atoms in total. The zero-order valence-corrected chi connectivity index (χ0v) is 12.0. The van der Waals surface area contributed by atoms with Crippen molar-refractivity contribution in [3.8, 4) is 0 Å². The fraction of sp³-hybridized carbons (Fsp3) is 0.500. The Balaban J connectivity index is 2.00. The molecule has 104 valence electrons. The molecule has 2 rings (SSSR count). The summed E-state index contributed by atoms with van der Waals surface area (Å²) in [6.45, 7) is 0.912. The van der Waals surface area contributed by atoms with Crippen molar-refractivity contribution in [1.29, 1.82) is 0 Å². The molecule has 1 aromatic rings. The van der Waals surface area contributed by atoms with E-state index in [0.29, 0.717) is 17.2 Å². The number of methoxy groups -OCH3 is 1. The fourth-order valence-corrected chi connectivity index (χ4v) is 3.36. The maximum absolute atomic E-state index is 11.5. The van der Waals surface area contributed by atoms with Gasteiger partial charge in [-0.15, -0.1) is 0 Å². The molecule has 0 bridgehead atoms. The molecule has 0 atom stereocenters. The maximum atomic E-state index is 11.5. The zero-order valence-electron chi connectivity index (χ0n) is 11.1. The highest BCUT2D eigenvalue weighted by atomic mass is 32.2. The second-order valence-corrected chi connectivity index (χ2v) is 5.96. The van der Waals surface area contributed by atoms with Crippen LogP contribution >= 0.6 is 11.8 Å². The lowest BCUT2D eigenvalue weighted by Crippen LogP contribution is -2.19. The third kappa shape index (κ3) is 3.80. The Morgan fingerprint density at radius 1 is 1.47 bits per heavy atom. The second-order valence-electron chi connectivity index (χ2n) is 4.73. The highest BCUT2D eigenvalue weighted by Gasteiger charge is 2.14. The highest BCUT2D eigenvalue weighted by molar-refractivity contribution is 7.99. The van der Waals surface area contributed by atoms with Crippen LogP contribution in [0, 0.1) is 5.92 Å². The molecule has 19 heavy (non-hydrogen) atoms. The quantitative estimate of drug-likeness (QED) is 0.655. The van der Waals surface area contributed by atoms with Gasteiger partial charge in [-0.2, -0.15) is 11.8 Å². The van der Waals surface area contributed by atoms with E-state index in [0.717, 1.165) is 12.2 Å². The van der Waals surface area contributed by atoms with E-state index in [1.807, 2.05) is 11.8 Å². The molecule has 1 saturated heterocycles. The molecule has 1 aliphatic rings. The normalized spacial score (nSPS) is 16.1. The van der Waals surface area contributed by atoms with Crippen LogP contribution in [0.15, 0.2) is 18.2 Å². The van der Waals surface area contributed by atoms with Gasteiger partial charge in [0.05, 0.1) is 24.0 Å². The third-order valence-corrected chi connectivity index (χ3v) is 4.45. The average molecular weight is 280 g/mol. The van der Waals surface area contributed by atoms with Gasteiger partial charge in [-0.3, -0.25) is 0 Å². The molecule has 0 amide bonds. The molecular weight excluding hydrogens is 260 g/mol. The SMILES string of the molecule is COC(=O)c1ccc(N)c(NCC2CCSCC2)c1. The standard InChI is InChI=1S/C14H20N2O2S/c1-18-14(17)11-2-3-12(15)13(8-11)16-9-10-4-6-19-7-5-10/h2-3,8,10,16H,4-7,9,15H2,1H3. The molecule has 0 spiro atoms. The Labute approximate surface area is 118 Å². The lowest BCUT2D eigenvalue weighted by atomic mass is 10.0. The van der Waals surface area contributed by atoms with Gasteiger partial charge < -0.3 is 15.8 Å². The minimum Gasteiger partial charge on any atom is -0.465 e. The third-order valence-electron chi connectivity index (χ3n) is 3.40. The number of nitrogens with one attached hydrogen (secondary N) is 1. The number of nitrogens with two attached hydrogens (primary N) is 1. The van der Waals surface area contributed by atoms with Crippen LogP contribution in [0.25, 0.3) is 0 Å².